The molecule has 2 heterocycles. The quantitative estimate of drug-likeness (QED) is 0.372. The summed E-state index contributed by atoms with van der Waals surface area (Å²) in [4.78, 5) is 50.5. The van der Waals surface area contributed by atoms with Crippen LogP contribution in [0.5, 0.6) is 0 Å². The fraction of sp³-hybridized carbons (Fsp3) is 0.455. The number of carbonyl (C=O) groups excluding carboxylic acids is 4. The van der Waals surface area contributed by atoms with Crippen LogP contribution in [-0.4, -0.2) is 58.2 Å². The van der Waals surface area contributed by atoms with Gasteiger partial charge in [-0.15, -0.1) is 11.8 Å². The summed E-state index contributed by atoms with van der Waals surface area (Å²) in [7, 11) is 0. The molecule has 2 atom stereocenters. The lowest BCUT2D eigenvalue weighted by molar-refractivity contribution is -0.176. The van der Waals surface area contributed by atoms with E-state index in [0.717, 1.165) is 5.56 Å². The van der Waals surface area contributed by atoms with Gasteiger partial charge in [0.2, 0.25) is 6.10 Å². The van der Waals surface area contributed by atoms with Crippen LogP contribution < -0.4 is 0 Å². The summed E-state index contributed by atoms with van der Waals surface area (Å²) < 4.78 is 15.9. The lowest BCUT2D eigenvalue weighted by Gasteiger charge is -2.48. The highest BCUT2D eigenvalue weighted by Crippen LogP contribution is 2.42. The van der Waals surface area contributed by atoms with Gasteiger partial charge in [0.1, 0.15) is 23.3 Å². The molecule has 0 unspecified atom stereocenters. The van der Waals surface area contributed by atoms with Crippen LogP contribution in [0.25, 0.3) is 0 Å². The van der Waals surface area contributed by atoms with E-state index >= 15 is 0 Å². The smallest absolute Gasteiger partial charge is 0.355 e. The Labute approximate surface area is 184 Å². The number of hydrogen-bond acceptors (Lipinski definition) is 8. The Bertz CT molecular complexity index is 920. The van der Waals surface area contributed by atoms with E-state index in [2.05, 4.69) is 0 Å². The maximum atomic E-state index is 12.8. The third-order valence-corrected chi connectivity index (χ3v) is 5.80. The molecule has 2 aliphatic heterocycles. The number of fused-ring (bicyclic) bond motifs is 1. The average Bonchev–Trinajstić information content (AvgIpc) is 2.69. The van der Waals surface area contributed by atoms with Crippen LogP contribution in [-0.2, 0) is 39.8 Å². The van der Waals surface area contributed by atoms with Gasteiger partial charge in [-0.2, -0.15) is 0 Å². The first-order valence-corrected chi connectivity index (χ1v) is 10.9. The second-order valence-electron chi connectivity index (χ2n) is 8.22. The first-order chi connectivity index (χ1) is 14.6. The second-order valence-corrected chi connectivity index (χ2v) is 9.32. The highest BCUT2D eigenvalue weighted by atomic mass is 32.2. The van der Waals surface area contributed by atoms with Crippen molar-refractivity contribution in [1.82, 2.24) is 4.90 Å². The molecule has 3 rings (SSSR count). The van der Waals surface area contributed by atoms with Crippen molar-refractivity contribution in [2.45, 2.75) is 51.2 Å². The van der Waals surface area contributed by atoms with E-state index in [1.165, 1.54) is 23.6 Å². The molecule has 1 fully saturated rings. The number of benzene rings is 1. The number of rotatable bonds is 6. The summed E-state index contributed by atoms with van der Waals surface area (Å²) in [5, 5.41) is -0.532. The molecule has 9 heteroatoms. The van der Waals surface area contributed by atoms with Crippen LogP contribution >= 0.6 is 11.8 Å². The van der Waals surface area contributed by atoms with Gasteiger partial charge in [0, 0.05) is 18.2 Å². The van der Waals surface area contributed by atoms with Crippen molar-refractivity contribution in [2.24, 2.45) is 0 Å². The van der Waals surface area contributed by atoms with Crippen molar-refractivity contribution in [3.05, 3.63) is 47.2 Å². The van der Waals surface area contributed by atoms with Gasteiger partial charge >= 0.3 is 17.9 Å². The molecule has 166 valence electrons. The highest BCUT2D eigenvalue weighted by molar-refractivity contribution is 8.00. The number of nitrogens with zero attached hydrogens (tertiary/aromatic N) is 1. The molecule has 8 nitrogen and oxygen atoms in total. The maximum Gasteiger partial charge on any atom is 0.355 e. The molecular weight excluding hydrogens is 422 g/mol. The van der Waals surface area contributed by atoms with Crippen LogP contribution in [0.4, 0.5) is 0 Å². The Morgan fingerprint density at radius 1 is 1.16 bits per heavy atom. The molecule has 0 N–H and O–H groups in total. The molecule has 0 radical (unpaired) electrons. The fourth-order valence-electron chi connectivity index (χ4n) is 3.18. The molecule has 0 aromatic heterocycles. The lowest BCUT2D eigenvalue weighted by Crippen LogP contribution is -2.66. The van der Waals surface area contributed by atoms with Crippen LogP contribution in [0.2, 0.25) is 0 Å². The molecule has 0 aliphatic carbocycles. The summed E-state index contributed by atoms with van der Waals surface area (Å²) in [5.41, 5.74) is 0.547. The number of hydrogen-bond donors (Lipinski definition) is 0. The number of carbonyl (C=O) groups is 4. The zero-order chi connectivity index (χ0) is 22.8. The summed E-state index contributed by atoms with van der Waals surface area (Å²) >= 11 is 1.34. The first kappa shape index (κ1) is 22.9. The molecule has 2 aliphatic rings. The second kappa shape index (κ2) is 9.13. The molecule has 31 heavy (non-hydrogen) atoms. The van der Waals surface area contributed by atoms with Crippen LogP contribution in [0.1, 0.15) is 33.3 Å². The van der Waals surface area contributed by atoms with Gasteiger partial charge in [-0.05, 0) is 26.3 Å². The van der Waals surface area contributed by atoms with Crippen molar-refractivity contribution in [2.75, 3.05) is 12.4 Å². The number of esters is 3. The van der Waals surface area contributed by atoms with Gasteiger partial charge in [-0.3, -0.25) is 19.3 Å². The number of β-lactam (4-membered cyclic amide) rings is 1. The molecule has 0 spiro atoms. The predicted octanol–water partition coefficient (Wildman–Crippen LogP) is 2.21. The summed E-state index contributed by atoms with van der Waals surface area (Å²) in [5.74, 6) is -1.85. The molecule has 0 bridgehead atoms. The Balaban J connectivity index is 1.75. The van der Waals surface area contributed by atoms with Gasteiger partial charge in [-0.1, -0.05) is 30.3 Å². The Hall–Kier alpha value is -2.81. The fourth-order valence-corrected chi connectivity index (χ4v) is 4.48. The minimum absolute atomic E-state index is 0.0501. The minimum Gasteiger partial charge on any atom is -0.461 e. The normalized spacial score (nSPS) is 20.5. The minimum atomic E-state index is -0.978. The standard InChI is InChI=1S/C22H25NO7S/c1-13(24)28-11-15-12-31-20-18(29-16(25)10-14-8-6-5-7-9-14)19(26)23(20)17(15)21(27)30-22(2,3)4/h5-9,18,20H,10-12H2,1-4H3/t18-,20+/m0/s1. The SMILES string of the molecule is CC(=O)OCC1=C(C(=O)OC(C)(C)C)N2C(=O)[C@H](OC(=O)Cc3ccccc3)[C@H]2SC1. The molecular formula is C22H25NO7S. The van der Waals surface area contributed by atoms with Crippen LogP contribution in [0, 0.1) is 0 Å². The monoisotopic (exact) mass is 447 g/mol. The van der Waals surface area contributed by atoms with Crippen LogP contribution in [0.3, 0.4) is 0 Å². The van der Waals surface area contributed by atoms with Crippen molar-refractivity contribution in [3.8, 4) is 0 Å². The zero-order valence-electron chi connectivity index (χ0n) is 17.9. The van der Waals surface area contributed by atoms with E-state index in [0.29, 0.717) is 11.3 Å². The van der Waals surface area contributed by atoms with Gasteiger partial charge in [-0.25, -0.2) is 4.79 Å². The first-order valence-electron chi connectivity index (χ1n) is 9.83. The summed E-state index contributed by atoms with van der Waals surface area (Å²) in [6, 6.07) is 9.09. The lowest BCUT2D eigenvalue weighted by atomic mass is 10.0. The van der Waals surface area contributed by atoms with Gasteiger partial charge in [0.05, 0.1) is 6.42 Å². The Morgan fingerprint density at radius 3 is 2.45 bits per heavy atom. The Kier molecular flexibility index (Phi) is 6.74. The van der Waals surface area contributed by atoms with Gasteiger partial charge in [0.15, 0.2) is 0 Å². The van der Waals surface area contributed by atoms with E-state index in [9.17, 15) is 19.2 Å². The van der Waals surface area contributed by atoms with Crippen molar-refractivity contribution >= 4 is 35.6 Å². The molecule has 1 saturated heterocycles. The van der Waals surface area contributed by atoms with E-state index in [-0.39, 0.29) is 18.7 Å². The zero-order valence-corrected chi connectivity index (χ0v) is 18.7. The van der Waals surface area contributed by atoms with Gasteiger partial charge < -0.3 is 14.2 Å². The summed E-state index contributed by atoms with van der Waals surface area (Å²) in [6.45, 7) is 6.31. The average molecular weight is 448 g/mol. The number of amides is 1. The number of ether oxygens (including phenoxy) is 3. The van der Waals surface area contributed by atoms with Crippen molar-refractivity contribution < 1.29 is 33.4 Å². The van der Waals surface area contributed by atoms with E-state index < -0.39 is 40.9 Å². The molecule has 1 amide bonds. The van der Waals surface area contributed by atoms with E-state index in [1.807, 2.05) is 18.2 Å². The Morgan fingerprint density at radius 2 is 1.84 bits per heavy atom. The summed E-state index contributed by atoms with van der Waals surface area (Å²) in [6.07, 6.45) is -0.928. The predicted molar refractivity (Wildman–Crippen MR) is 113 cm³/mol. The topological polar surface area (TPSA) is 99.2 Å². The molecule has 0 saturated carbocycles. The molecule has 1 aromatic carbocycles. The maximum absolute atomic E-state index is 12.8. The van der Waals surface area contributed by atoms with Crippen molar-refractivity contribution in [1.29, 1.82) is 0 Å². The third-order valence-electron chi connectivity index (χ3n) is 4.49. The van der Waals surface area contributed by atoms with E-state index in [4.69, 9.17) is 14.2 Å². The molecule has 1 aromatic rings. The highest BCUT2D eigenvalue weighted by Gasteiger charge is 2.56. The number of thioether (sulfide) groups is 1. The largest absolute Gasteiger partial charge is 0.461 e. The van der Waals surface area contributed by atoms with Crippen LogP contribution in [0.15, 0.2) is 41.6 Å². The van der Waals surface area contributed by atoms with Crippen molar-refractivity contribution in [3.63, 3.8) is 0 Å². The third kappa shape index (κ3) is 5.46. The van der Waals surface area contributed by atoms with Gasteiger partial charge in [0.25, 0.3) is 5.91 Å². The van der Waals surface area contributed by atoms with E-state index in [1.54, 1.807) is 32.9 Å².